The molecule has 4 saturated carbocycles. The van der Waals surface area contributed by atoms with E-state index in [1.54, 1.807) is 18.2 Å². The summed E-state index contributed by atoms with van der Waals surface area (Å²) in [6, 6.07) is 6.11. The van der Waals surface area contributed by atoms with Gasteiger partial charge in [0.05, 0.1) is 11.3 Å². The third kappa shape index (κ3) is 3.13. The molecular formula is C20H23NO5. The number of nitro benzene ring substituents is 1. The maximum atomic E-state index is 12.8. The molecule has 26 heavy (non-hydrogen) atoms. The Morgan fingerprint density at radius 2 is 1.65 bits per heavy atom. The number of para-hydroxylation sites is 1. The van der Waals surface area contributed by atoms with Crippen molar-refractivity contribution in [2.75, 3.05) is 6.61 Å². The molecule has 4 aliphatic carbocycles. The summed E-state index contributed by atoms with van der Waals surface area (Å²) in [5, 5.41) is 11.0. The number of hydrogen-bond acceptors (Lipinski definition) is 5. The average Bonchev–Trinajstić information content (AvgIpc) is 2.58. The molecule has 6 heteroatoms. The van der Waals surface area contributed by atoms with Gasteiger partial charge in [-0.25, -0.2) is 0 Å². The summed E-state index contributed by atoms with van der Waals surface area (Å²) in [5.41, 5.74) is -0.0741. The molecule has 0 heterocycles. The lowest BCUT2D eigenvalue weighted by Crippen LogP contribution is -2.51. The zero-order chi connectivity index (χ0) is 18.3. The van der Waals surface area contributed by atoms with Gasteiger partial charge in [-0.1, -0.05) is 18.2 Å². The minimum atomic E-state index is -0.586. The number of nitrogens with zero attached hydrogens (tertiary/aromatic N) is 1. The molecule has 1 aromatic rings. The summed E-state index contributed by atoms with van der Waals surface area (Å²) in [7, 11) is 0. The normalized spacial score (nSPS) is 31.6. The predicted octanol–water partition coefficient (Wildman–Crippen LogP) is 3.47. The molecule has 5 rings (SSSR count). The van der Waals surface area contributed by atoms with Gasteiger partial charge in [0.15, 0.2) is 12.4 Å². The van der Waals surface area contributed by atoms with Crippen LogP contribution >= 0.6 is 0 Å². The number of benzene rings is 1. The highest BCUT2D eigenvalue weighted by atomic mass is 16.6. The number of rotatable bonds is 6. The number of carbonyl (C=O) groups excluding carboxylic acids is 2. The third-order valence-corrected chi connectivity index (χ3v) is 6.52. The first-order valence-electron chi connectivity index (χ1n) is 9.36. The third-order valence-electron chi connectivity index (χ3n) is 6.52. The molecule has 0 unspecified atom stereocenters. The van der Waals surface area contributed by atoms with Crippen molar-refractivity contribution in [3.63, 3.8) is 0 Å². The molecule has 0 spiro atoms. The smallest absolute Gasteiger partial charge is 0.310 e. The highest BCUT2D eigenvalue weighted by Crippen LogP contribution is 2.60. The van der Waals surface area contributed by atoms with Crippen LogP contribution in [-0.2, 0) is 20.7 Å². The Morgan fingerprint density at radius 3 is 2.23 bits per heavy atom. The SMILES string of the molecule is O=C(Cc1ccccc1[N+](=O)[O-])OCC(=O)C12CC3CC(CC(C3)C1)C2. The maximum Gasteiger partial charge on any atom is 0.310 e. The molecule has 4 bridgehead atoms. The number of hydrogen-bond donors (Lipinski definition) is 0. The molecule has 0 N–H and O–H groups in total. The van der Waals surface area contributed by atoms with Gasteiger partial charge in [-0.2, -0.15) is 0 Å². The van der Waals surface area contributed by atoms with Crippen molar-refractivity contribution >= 4 is 17.4 Å². The van der Waals surface area contributed by atoms with Crippen molar-refractivity contribution in [2.45, 2.75) is 44.9 Å². The fourth-order valence-corrected chi connectivity index (χ4v) is 5.80. The highest BCUT2D eigenvalue weighted by Gasteiger charge is 2.54. The van der Waals surface area contributed by atoms with Crippen LogP contribution in [0.3, 0.4) is 0 Å². The summed E-state index contributed by atoms with van der Waals surface area (Å²) in [6.45, 7) is -0.203. The van der Waals surface area contributed by atoms with Crippen molar-refractivity contribution in [3.8, 4) is 0 Å². The van der Waals surface area contributed by atoms with Gasteiger partial charge in [0.1, 0.15) is 0 Å². The number of ether oxygens (including phenoxy) is 1. The molecule has 0 atom stereocenters. The van der Waals surface area contributed by atoms with Gasteiger partial charge < -0.3 is 4.74 Å². The van der Waals surface area contributed by atoms with Gasteiger partial charge in [-0.05, 0) is 56.3 Å². The first-order chi connectivity index (χ1) is 12.4. The summed E-state index contributed by atoms with van der Waals surface area (Å²) in [5.74, 6) is 1.44. The predicted molar refractivity (Wildman–Crippen MR) is 93.4 cm³/mol. The van der Waals surface area contributed by atoms with Gasteiger partial charge in [0.2, 0.25) is 0 Å². The van der Waals surface area contributed by atoms with Crippen molar-refractivity contribution in [2.24, 2.45) is 23.2 Å². The summed E-state index contributed by atoms with van der Waals surface area (Å²) < 4.78 is 5.22. The van der Waals surface area contributed by atoms with E-state index < -0.39 is 10.9 Å². The Hall–Kier alpha value is -2.24. The van der Waals surface area contributed by atoms with Gasteiger partial charge in [0, 0.05) is 17.0 Å². The molecule has 6 nitrogen and oxygen atoms in total. The Kier molecular flexibility index (Phi) is 4.29. The van der Waals surface area contributed by atoms with E-state index in [0.29, 0.717) is 23.3 Å². The molecule has 0 saturated heterocycles. The fraction of sp³-hybridized carbons (Fsp3) is 0.600. The van der Waals surface area contributed by atoms with Crippen molar-refractivity contribution in [3.05, 3.63) is 39.9 Å². The van der Waals surface area contributed by atoms with E-state index in [9.17, 15) is 19.7 Å². The van der Waals surface area contributed by atoms with E-state index in [4.69, 9.17) is 4.74 Å². The Bertz CT molecular complexity index is 721. The zero-order valence-electron chi connectivity index (χ0n) is 14.7. The molecular weight excluding hydrogens is 334 g/mol. The lowest BCUT2D eigenvalue weighted by Gasteiger charge is -2.55. The van der Waals surface area contributed by atoms with E-state index in [2.05, 4.69) is 0 Å². The monoisotopic (exact) mass is 357 g/mol. The van der Waals surface area contributed by atoms with Gasteiger partial charge in [-0.3, -0.25) is 19.7 Å². The second-order valence-corrected chi connectivity index (χ2v) is 8.34. The minimum absolute atomic E-state index is 0.0486. The molecule has 0 aromatic heterocycles. The lowest BCUT2D eigenvalue weighted by atomic mass is 9.48. The zero-order valence-corrected chi connectivity index (χ0v) is 14.7. The van der Waals surface area contributed by atoms with E-state index in [-0.39, 0.29) is 29.9 Å². The number of ketones is 1. The van der Waals surface area contributed by atoms with E-state index in [1.165, 1.54) is 25.3 Å². The molecule has 1 aromatic carbocycles. The standard InChI is InChI=1S/C20H23NO5/c22-18(20-9-13-5-14(10-20)7-15(6-13)11-20)12-26-19(23)8-16-3-1-2-4-17(16)21(24)25/h1-4,13-15H,5-12H2. The second-order valence-electron chi connectivity index (χ2n) is 8.34. The Labute approximate surface area is 152 Å². The van der Waals surface area contributed by atoms with Crippen molar-refractivity contribution < 1.29 is 19.2 Å². The van der Waals surface area contributed by atoms with Crippen LogP contribution in [0.25, 0.3) is 0 Å². The van der Waals surface area contributed by atoms with Crippen LogP contribution in [0.1, 0.15) is 44.1 Å². The lowest BCUT2D eigenvalue weighted by molar-refractivity contribution is -0.385. The summed E-state index contributed by atoms with van der Waals surface area (Å²) >= 11 is 0. The van der Waals surface area contributed by atoms with Crippen molar-refractivity contribution in [1.82, 2.24) is 0 Å². The largest absolute Gasteiger partial charge is 0.457 e. The van der Waals surface area contributed by atoms with Crippen LogP contribution in [0.4, 0.5) is 5.69 Å². The van der Waals surface area contributed by atoms with E-state index >= 15 is 0 Å². The van der Waals surface area contributed by atoms with E-state index in [1.807, 2.05) is 0 Å². The van der Waals surface area contributed by atoms with Crippen LogP contribution in [0, 0.1) is 33.3 Å². The number of nitro groups is 1. The Morgan fingerprint density at radius 1 is 1.08 bits per heavy atom. The molecule has 0 aliphatic heterocycles. The van der Waals surface area contributed by atoms with Crippen LogP contribution in [0.15, 0.2) is 24.3 Å². The summed E-state index contributed by atoms with van der Waals surface area (Å²) in [6.07, 6.45) is 6.40. The maximum absolute atomic E-state index is 12.8. The molecule has 0 amide bonds. The molecule has 4 fully saturated rings. The number of Topliss-reactive ketones (excluding diaryl/α,β-unsaturated/α-hetero) is 1. The van der Waals surface area contributed by atoms with Crippen molar-refractivity contribution in [1.29, 1.82) is 0 Å². The minimum Gasteiger partial charge on any atom is -0.457 e. The summed E-state index contributed by atoms with van der Waals surface area (Å²) in [4.78, 5) is 35.5. The van der Waals surface area contributed by atoms with Crippen LogP contribution in [0.5, 0.6) is 0 Å². The molecule has 0 radical (unpaired) electrons. The van der Waals surface area contributed by atoms with Gasteiger partial charge in [0.25, 0.3) is 5.69 Å². The average molecular weight is 357 g/mol. The van der Waals surface area contributed by atoms with E-state index in [0.717, 1.165) is 19.3 Å². The first-order valence-corrected chi connectivity index (χ1v) is 9.36. The first kappa shape index (κ1) is 17.2. The fourth-order valence-electron chi connectivity index (χ4n) is 5.80. The topological polar surface area (TPSA) is 86.5 Å². The van der Waals surface area contributed by atoms with Gasteiger partial charge >= 0.3 is 5.97 Å². The second kappa shape index (κ2) is 6.49. The molecule has 4 aliphatic rings. The molecule has 138 valence electrons. The van der Waals surface area contributed by atoms with Crippen LogP contribution < -0.4 is 0 Å². The quantitative estimate of drug-likeness (QED) is 0.442. The van der Waals surface area contributed by atoms with Gasteiger partial charge in [-0.15, -0.1) is 0 Å². The highest BCUT2D eigenvalue weighted by molar-refractivity contribution is 5.88. The Balaban J connectivity index is 1.36. The van der Waals surface area contributed by atoms with Crippen LogP contribution in [-0.4, -0.2) is 23.3 Å². The number of carbonyl (C=O) groups is 2. The number of esters is 1. The van der Waals surface area contributed by atoms with Crippen LogP contribution in [0.2, 0.25) is 0 Å².